The van der Waals surface area contributed by atoms with E-state index >= 15 is 0 Å². The van der Waals surface area contributed by atoms with Crippen molar-refractivity contribution in [2.75, 3.05) is 6.54 Å². The molecule has 1 rings (SSSR count). The summed E-state index contributed by atoms with van der Waals surface area (Å²) in [5.74, 6) is -0.117. The van der Waals surface area contributed by atoms with Crippen LogP contribution < -0.4 is 5.73 Å². The first-order valence-corrected chi connectivity index (χ1v) is 4.61. The summed E-state index contributed by atoms with van der Waals surface area (Å²) in [4.78, 5) is 0. The molecule has 0 aliphatic carbocycles. The third kappa shape index (κ3) is 2.52. The molecular formula is C11H16FN. The molecule has 13 heavy (non-hydrogen) atoms. The molecule has 0 aliphatic heterocycles. The summed E-state index contributed by atoms with van der Waals surface area (Å²) < 4.78 is 13.1. The Bertz CT molecular complexity index is 294. The number of halogens is 1. The lowest BCUT2D eigenvalue weighted by molar-refractivity contribution is 0.615. The Morgan fingerprint density at radius 2 is 1.92 bits per heavy atom. The molecule has 0 amide bonds. The van der Waals surface area contributed by atoms with E-state index in [0.717, 1.165) is 24.0 Å². The van der Waals surface area contributed by atoms with Crippen LogP contribution in [0.4, 0.5) is 4.39 Å². The summed E-state index contributed by atoms with van der Waals surface area (Å²) >= 11 is 0. The van der Waals surface area contributed by atoms with Crippen LogP contribution in [0.2, 0.25) is 0 Å². The molecule has 0 fully saturated rings. The summed E-state index contributed by atoms with van der Waals surface area (Å²) in [6, 6.07) is 3.52. The van der Waals surface area contributed by atoms with Gasteiger partial charge in [-0.3, -0.25) is 0 Å². The van der Waals surface area contributed by atoms with Crippen LogP contribution in [0.25, 0.3) is 0 Å². The van der Waals surface area contributed by atoms with E-state index < -0.39 is 0 Å². The number of nitrogens with two attached hydrogens (primary N) is 1. The molecule has 1 nitrogen and oxygen atoms in total. The number of aryl methyl sites for hydroxylation is 3. The van der Waals surface area contributed by atoms with Crippen molar-refractivity contribution in [2.45, 2.75) is 26.7 Å². The normalized spacial score (nSPS) is 10.5. The van der Waals surface area contributed by atoms with Gasteiger partial charge in [0.2, 0.25) is 0 Å². The zero-order valence-electron chi connectivity index (χ0n) is 8.23. The van der Waals surface area contributed by atoms with Crippen molar-refractivity contribution in [1.29, 1.82) is 0 Å². The number of benzene rings is 1. The van der Waals surface area contributed by atoms with Gasteiger partial charge in [-0.25, -0.2) is 4.39 Å². The highest BCUT2D eigenvalue weighted by Crippen LogP contribution is 2.15. The lowest BCUT2D eigenvalue weighted by Gasteiger charge is -2.07. The monoisotopic (exact) mass is 181 g/mol. The molecule has 0 radical (unpaired) electrons. The van der Waals surface area contributed by atoms with Crippen molar-refractivity contribution in [3.05, 3.63) is 34.6 Å². The van der Waals surface area contributed by atoms with Crippen molar-refractivity contribution in [2.24, 2.45) is 5.73 Å². The summed E-state index contributed by atoms with van der Waals surface area (Å²) in [5.41, 5.74) is 8.38. The van der Waals surface area contributed by atoms with Crippen molar-refractivity contribution in [3.8, 4) is 0 Å². The van der Waals surface area contributed by atoms with Crippen molar-refractivity contribution >= 4 is 0 Å². The largest absolute Gasteiger partial charge is 0.330 e. The van der Waals surface area contributed by atoms with E-state index in [-0.39, 0.29) is 5.82 Å². The van der Waals surface area contributed by atoms with Gasteiger partial charge >= 0.3 is 0 Å². The van der Waals surface area contributed by atoms with Crippen LogP contribution in [0.15, 0.2) is 12.1 Å². The lowest BCUT2D eigenvalue weighted by Crippen LogP contribution is -2.02. The van der Waals surface area contributed by atoms with Crippen molar-refractivity contribution in [3.63, 3.8) is 0 Å². The Kier molecular flexibility index (Phi) is 3.43. The first kappa shape index (κ1) is 10.2. The molecule has 0 aliphatic rings. The standard InChI is InChI=1S/C11H16FN/c1-8-7-11(12)9(2)6-10(8)4-3-5-13/h6-7H,3-5,13H2,1-2H3. The number of hydrogen-bond donors (Lipinski definition) is 1. The van der Waals surface area contributed by atoms with E-state index in [1.54, 1.807) is 13.0 Å². The van der Waals surface area contributed by atoms with Gasteiger partial charge in [0.15, 0.2) is 0 Å². The van der Waals surface area contributed by atoms with Crippen LogP contribution in [0.3, 0.4) is 0 Å². The van der Waals surface area contributed by atoms with E-state index in [2.05, 4.69) is 0 Å². The Hall–Kier alpha value is -0.890. The molecule has 1 aromatic carbocycles. The summed E-state index contributed by atoms with van der Waals surface area (Å²) in [5, 5.41) is 0. The zero-order valence-corrected chi connectivity index (χ0v) is 8.23. The third-order valence-corrected chi connectivity index (χ3v) is 2.27. The molecule has 72 valence electrons. The van der Waals surface area contributed by atoms with E-state index in [4.69, 9.17) is 5.73 Å². The Morgan fingerprint density at radius 3 is 2.54 bits per heavy atom. The maximum atomic E-state index is 13.1. The molecule has 1 aromatic rings. The second-order valence-electron chi connectivity index (χ2n) is 3.42. The summed E-state index contributed by atoms with van der Waals surface area (Å²) in [7, 11) is 0. The van der Waals surface area contributed by atoms with E-state index in [1.807, 2.05) is 13.0 Å². The minimum absolute atomic E-state index is 0.117. The Balaban J connectivity index is 2.88. The highest BCUT2D eigenvalue weighted by Gasteiger charge is 2.03. The van der Waals surface area contributed by atoms with Crippen LogP contribution in [0.5, 0.6) is 0 Å². The Labute approximate surface area is 78.8 Å². The maximum Gasteiger partial charge on any atom is 0.126 e. The van der Waals surface area contributed by atoms with Gasteiger partial charge in [-0.15, -0.1) is 0 Å². The molecule has 0 heterocycles. The van der Waals surface area contributed by atoms with E-state index in [9.17, 15) is 4.39 Å². The van der Waals surface area contributed by atoms with Crippen LogP contribution >= 0.6 is 0 Å². The van der Waals surface area contributed by atoms with Crippen molar-refractivity contribution in [1.82, 2.24) is 0 Å². The van der Waals surface area contributed by atoms with E-state index in [1.165, 1.54) is 5.56 Å². The fraction of sp³-hybridized carbons (Fsp3) is 0.455. The maximum absolute atomic E-state index is 13.1. The Morgan fingerprint density at radius 1 is 1.23 bits per heavy atom. The summed E-state index contributed by atoms with van der Waals surface area (Å²) in [6.07, 6.45) is 1.91. The van der Waals surface area contributed by atoms with Gasteiger partial charge in [0.1, 0.15) is 5.82 Å². The van der Waals surface area contributed by atoms with Gasteiger partial charge in [0.05, 0.1) is 0 Å². The van der Waals surface area contributed by atoms with Gasteiger partial charge < -0.3 is 5.73 Å². The molecule has 0 unspecified atom stereocenters. The smallest absolute Gasteiger partial charge is 0.126 e. The molecular weight excluding hydrogens is 165 g/mol. The number of hydrogen-bond acceptors (Lipinski definition) is 1. The quantitative estimate of drug-likeness (QED) is 0.761. The van der Waals surface area contributed by atoms with E-state index in [0.29, 0.717) is 6.54 Å². The fourth-order valence-electron chi connectivity index (χ4n) is 1.40. The second-order valence-corrected chi connectivity index (χ2v) is 3.42. The fourth-order valence-corrected chi connectivity index (χ4v) is 1.40. The first-order valence-electron chi connectivity index (χ1n) is 4.61. The second kappa shape index (κ2) is 4.38. The van der Waals surface area contributed by atoms with Gasteiger partial charge in [0, 0.05) is 0 Å². The summed E-state index contributed by atoms with van der Waals surface area (Å²) in [6.45, 7) is 4.42. The van der Waals surface area contributed by atoms with Gasteiger partial charge in [-0.1, -0.05) is 6.07 Å². The van der Waals surface area contributed by atoms with Crippen molar-refractivity contribution < 1.29 is 4.39 Å². The van der Waals surface area contributed by atoms with Gasteiger partial charge in [-0.05, 0) is 56.0 Å². The molecule has 2 N–H and O–H groups in total. The molecule has 0 spiro atoms. The first-order chi connectivity index (χ1) is 6.15. The minimum atomic E-state index is -0.117. The third-order valence-electron chi connectivity index (χ3n) is 2.27. The topological polar surface area (TPSA) is 26.0 Å². The van der Waals surface area contributed by atoms with Crippen LogP contribution in [-0.2, 0) is 6.42 Å². The van der Waals surface area contributed by atoms with Gasteiger partial charge in [-0.2, -0.15) is 0 Å². The molecule has 0 aromatic heterocycles. The lowest BCUT2D eigenvalue weighted by atomic mass is 10.0. The molecule has 0 saturated carbocycles. The predicted octanol–water partition coefficient (Wildman–Crippen LogP) is 2.33. The van der Waals surface area contributed by atoms with Gasteiger partial charge in [0.25, 0.3) is 0 Å². The highest BCUT2D eigenvalue weighted by atomic mass is 19.1. The minimum Gasteiger partial charge on any atom is -0.330 e. The predicted molar refractivity (Wildman–Crippen MR) is 53.2 cm³/mol. The molecule has 0 bridgehead atoms. The average molecular weight is 181 g/mol. The van der Waals surface area contributed by atoms with Crippen LogP contribution in [-0.4, -0.2) is 6.54 Å². The van der Waals surface area contributed by atoms with Crippen LogP contribution in [0, 0.1) is 19.7 Å². The molecule has 0 atom stereocenters. The molecule has 0 saturated heterocycles. The SMILES string of the molecule is Cc1cc(CCCN)c(C)cc1F. The molecule has 2 heteroatoms. The zero-order chi connectivity index (χ0) is 9.84. The number of rotatable bonds is 3. The van der Waals surface area contributed by atoms with Crippen LogP contribution in [0.1, 0.15) is 23.1 Å². The highest BCUT2D eigenvalue weighted by molar-refractivity contribution is 5.31. The average Bonchev–Trinajstić information content (AvgIpc) is 2.09.